The van der Waals surface area contributed by atoms with E-state index in [2.05, 4.69) is 10.3 Å². The number of thiazole rings is 1. The molecule has 162 valence electrons. The maximum absolute atomic E-state index is 12.2. The van der Waals surface area contributed by atoms with E-state index < -0.39 is 18.5 Å². The monoisotopic (exact) mass is 442 g/mol. The lowest BCUT2D eigenvalue weighted by Gasteiger charge is -2.14. The van der Waals surface area contributed by atoms with E-state index in [-0.39, 0.29) is 6.42 Å². The van der Waals surface area contributed by atoms with Crippen molar-refractivity contribution in [1.29, 1.82) is 0 Å². The molecule has 0 aliphatic rings. The van der Waals surface area contributed by atoms with E-state index in [9.17, 15) is 9.59 Å². The highest BCUT2D eigenvalue weighted by atomic mass is 32.1. The van der Waals surface area contributed by atoms with E-state index in [4.69, 9.17) is 18.9 Å². The summed E-state index contributed by atoms with van der Waals surface area (Å²) in [5, 5.41) is 5.27. The van der Waals surface area contributed by atoms with E-state index in [1.807, 2.05) is 30.3 Å². The van der Waals surface area contributed by atoms with Gasteiger partial charge in [-0.3, -0.25) is 9.59 Å². The van der Waals surface area contributed by atoms with Crippen LogP contribution in [0.4, 0.5) is 5.69 Å². The van der Waals surface area contributed by atoms with E-state index in [1.54, 1.807) is 17.5 Å². The van der Waals surface area contributed by atoms with E-state index in [0.29, 0.717) is 28.6 Å². The molecular formula is C22H22N2O6S. The van der Waals surface area contributed by atoms with Crippen molar-refractivity contribution in [3.8, 4) is 27.8 Å². The molecule has 0 unspecified atom stereocenters. The standard InChI is InChI=1S/C22H22N2O6S/c1-27-17-9-15(10-18(28-2)21(17)29-3)23-19(25)12-30-20(26)11-16-13-31-22(24-16)14-7-5-4-6-8-14/h4-10,13H,11-12H2,1-3H3,(H,23,25). The summed E-state index contributed by atoms with van der Waals surface area (Å²) in [6, 6.07) is 12.9. The Labute approximate surface area is 183 Å². The van der Waals surface area contributed by atoms with Crippen molar-refractivity contribution >= 4 is 28.9 Å². The van der Waals surface area contributed by atoms with E-state index in [0.717, 1.165) is 10.6 Å². The quantitative estimate of drug-likeness (QED) is 0.506. The van der Waals surface area contributed by atoms with Crippen LogP contribution in [0.2, 0.25) is 0 Å². The number of rotatable bonds is 9. The summed E-state index contributed by atoms with van der Waals surface area (Å²) in [7, 11) is 4.45. The van der Waals surface area contributed by atoms with Gasteiger partial charge in [0.15, 0.2) is 18.1 Å². The van der Waals surface area contributed by atoms with Gasteiger partial charge in [-0.05, 0) is 0 Å². The highest BCUT2D eigenvalue weighted by molar-refractivity contribution is 7.13. The molecule has 3 rings (SSSR count). The van der Waals surface area contributed by atoms with Crippen LogP contribution >= 0.6 is 11.3 Å². The summed E-state index contributed by atoms with van der Waals surface area (Å²) in [6.45, 7) is -0.425. The molecule has 1 amide bonds. The Bertz CT molecular complexity index is 1030. The summed E-state index contributed by atoms with van der Waals surface area (Å²) < 4.78 is 20.8. The maximum Gasteiger partial charge on any atom is 0.312 e. The number of esters is 1. The number of methoxy groups -OCH3 is 3. The van der Waals surface area contributed by atoms with Gasteiger partial charge in [-0.25, -0.2) is 4.98 Å². The minimum absolute atomic E-state index is 0.0131. The van der Waals surface area contributed by atoms with E-state index >= 15 is 0 Å². The topological polar surface area (TPSA) is 96.0 Å². The molecule has 3 aromatic rings. The number of nitrogens with zero attached hydrogens (tertiary/aromatic N) is 1. The molecule has 2 aromatic carbocycles. The second-order valence-electron chi connectivity index (χ2n) is 6.31. The molecule has 1 aromatic heterocycles. The fourth-order valence-corrected chi connectivity index (χ4v) is 3.62. The lowest BCUT2D eigenvalue weighted by atomic mass is 10.2. The summed E-state index contributed by atoms with van der Waals surface area (Å²) in [5.41, 5.74) is 2.00. The highest BCUT2D eigenvalue weighted by Crippen LogP contribution is 2.39. The number of hydrogen-bond donors (Lipinski definition) is 1. The smallest absolute Gasteiger partial charge is 0.312 e. The van der Waals surface area contributed by atoms with Crippen LogP contribution < -0.4 is 19.5 Å². The number of benzene rings is 2. The molecular weight excluding hydrogens is 420 g/mol. The van der Waals surface area contributed by atoms with Crippen LogP contribution in [0, 0.1) is 0 Å². The Hall–Kier alpha value is -3.59. The van der Waals surface area contributed by atoms with Crippen molar-refractivity contribution in [1.82, 2.24) is 4.98 Å². The Morgan fingerprint density at radius 3 is 2.29 bits per heavy atom. The molecule has 0 aliphatic carbocycles. The van der Waals surface area contributed by atoms with Crippen molar-refractivity contribution in [2.24, 2.45) is 0 Å². The molecule has 0 bridgehead atoms. The first kappa shape index (κ1) is 22.1. The fourth-order valence-electron chi connectivity index (χ4n) is 2.80. The highest BCUT2D eigenvalue weighted by Gasteiger charge is 2.16. The van der Waals surface area contributed by atoms with Crippen molar-refractivity contribution < 1.29 is 28.5 Å². The minimum atomic E-state index is -0.537. The van der Waals surface area contributed by atoms with Gasteiger partial charge in [0.05, 0.1) is 33.4 Å². The zero-order valence-corrected chi connectivity index (χ0v) is 18.2. The molecule has 31 heavy (non-hydrogen) atoms. The van der Waals surface area contributed by atoms with Gasteiger partial charge in [0.1, 0.15) is 5.01 Å². The first-order chi connectivity index (χ1) is 15.0. The average Bonchev–Trinajstić information content (AvgIpc) is 3.26. The number of hydrogen-bond acceptors (Lipinski definition) is 8. The number of amides is 1. The van der Waals surface area contributed by atoms with Gasteiger partial charge in [0, 0.05) is 28.8 Å². The molecule has 0 spiro atoms. The van der Waals surface area contributed by atoms with Crippen LogP contribution in [0.25, 0.3) is 10.6 Å². The van der Waals surface area contributed by atoms with Crippen LogP contribution in [-0.2, 0) is 20.7 Å². The van der Waals surface area contributed by atoms with Crippen LogP contribution in [0.1, 0.15) is 5.69 Å². The largest absolute Gasteiger partial charge is 0.493 e. The van der Waals surface area contributed by atoms with Gasteiger partial charge in [-0.1, -0.05) is 30.3 Å². The van der Waals surface area contributed by atoms with Gasteiger partial charge in [0.2, 0.25) is 5.75 Å². The van der Waals surface area contributed by atoms with Crippen molar-refractivity contribution in [2.75, 3.05) is 33.3 Å². The third-order valence-corrected chi connectivity index (χ3v) is 5.15. The first-order valence-electron chi connectivity index (χ1n) is 9.29. The predicted octanol–water partition coefficient (Wildman–Crippen LogP) is 3.56. The van der Waals surface area contributed by atoms with Gasteiger partial charge in [-0.2, -0.15) is 0 Å². The van der Waals surface area contributed by atoms with Crippen LogP contribution in [0.5, 0.6) is 17.2 Å². The maximum atomic E-state index is 12.2. The Balaban J connectivity index is 1.54. The zero-order valence-electron chi connectivity index (χ0n) is 17.3. The second-order valence-corrected chi connectivity index (χ2v) is 7.17. The number of carbonyl (C=O) groups is 2. The molecule has 8 nitrogen and oxygen atoms in total. The third kappa shape index (κ3) is 5.73. The van der Waals surface area contributed by atoms with Gasteiger partial charge in [-0.15, -0.1) is 11.3 Å². The summed E-state index contributed by atoms with van der Waals surface area (Å²) in [4.78, 5) is 28.8. The van der Waals surface area contributed by atoms with Crippen LogP contribution in [-0.4, -0.2) is 44.8 Å². The number of aromatic nitrogens is 1. The van der Waals surface area contributed by atoms with Crippen molar-refractivity contribution in [3.05, 3.63) is 53.5 Å². The molecule has 0 atom stereocenters. The first-order valence-corrected chi connectivity index (χ1v) is 10.2. The average molecular weight is 442 g/mol. The molecule has 1 N–H and O–H groups in total. The summed E-state index contributed by atoms with van der Waals surface area (Å²) in [5.74, 6) is 0.169. The SMILES string of the molecule is COc1cc(NC(=O)COC(=O)Cc2csc(-c3ccccc3)n2)cc(OC)c1OC. The molecule has 0 saturated heterocycles. The van der Waals surface area contributed by atoms with Crippen LogP contribution in [0.3, 0.4) is 0 Å². The van der Waals surface area contributed by atoms with Gasteiger partial charge < -0.3 is 24.3 Å². The Kier molecular flexibility index (Phi) is 7.45. The number of nitrogens with one attached hydrogen (secondary N) is 1. The molecule has 0 radical (unpaired) electrons. The second kappa shape index (κ2) is 10.4. The van der Waals surface area contributed by atoms with Crippen molar-refractivity contribution in [3.63, 3.8) is 0 Å². The molecule has 0 aliphatic heterocycles. The number of ether oxygens (including phenoxy) is 4. The predicted molar refractivity (Wildman–Crippen MR) is 117 cm³/mol. The number of carbonyl (C=O) groups excluding carboxylic acids is 2. The molecule has 9 heteroatoms. The summed E-state index contributed by atoms with van der Waals surface area (Å²) >= 11 is 1.45. The zero-order chi connectivity index (χ0) is 22.2. The van der Waals surface area contributed by atoms with Crippen molar-refractivity contribution in [2.45, 2.75) is 6.42 Å². The van der Waals surface area contributed by atoms with Crippen LogP contribution in [0.15, 0.2) is 47.8 Å². The molecule has 0 fully saturated rings. The van der Waals surface area contributed by atoms with Gasteiger partial charge >= 0.3 is 5.97 Å². The minimum Gasteiger partial charge on any atom is -0.493 e. The molecule has 0 saturated carbocycles. The normalized spacial score (nSPS) is 10.3. The Morgan fingerprint density at radius 1 is 1.00 bits per heavy atom. The Morgan fingerprint density at radius 2 is 1.68 bits per heavy atom. The lowest BCUT2D eigenvalue weighted by Crippen LogP contribution is -2.21. The number of anilines is 1. The molecule has 1 heterocycles. The fraction of sp³-hybridized carbons (Fsp3) is 0.227. The lowest BCUT2D eigenvalue weighted by molar-refractivity contribution is -0.146. The van der Waals surface area contributed by atoms with Gasteiger partial charge in [0.25, 0.3) is 5.91 Å². The summed E-state index contributed by atoms with van der Waals surface area (Å²) in [6.07, 6.45) is -0.0131. The third-order valence-electron chi connectivity index (χ3n) is 4.21. The van der Waals surface area contributed by atoms with E-state index in [1.165, 1.54) is 32.7 Å².